The zero-order valence-corrected chi connectivity index (χ0v) is 13.6. The Hall–Kier alpha value is -2.50. The highest BCUT2D eigenvalue weighted by Gasteiger charge is 2.48. The molecule has 0 atom stereocenters. The highest BCUT2D eigenvalue weighted by atomic mass is 16.2. The third kappa shape index (κ3) is 2.72. The number of carbonyl (C=O) groups excluding carboxylic acids is 1. The average molecular weight is 323 g/mol. The van der Waals surface area contributed by atoms with Crippen LogP contribution in [0.4, 0.5) is 5.95 Å². The number of carbonyl (C=O) groups is 1. The van der Waals surface area contributed by atoms with Crippen LogP contribution in [0, 0.1) is 5.41 Å². The molecule has 2 aliphatic rings. The number of likely N-dealkylation sites (tertiary alicyclic amines) is 1. The van der Waals surface area contributed by atoms with E-state index in [0.717, 1.165) is 50.5 Å². The Morgan fingerprint density at radius 3 is 2.33 bits per heavy atom. The van der Waals surface area contributed by atoms with Crippen LogP contribution in [0.25, 0.3) is 0 Å². The summed E-state index contributed by atoms with van der Waals surface area (Å²) in [6.45, 7) is 3.13. The molecule has 2 aromatic rings. The predicted molar refractivity (Wildman–Crippen MR) is 90.2 cm³/mol. The summed E-state index contributed by atoms with van der Waals surface area (Å²) in [6, 6.07) is 7.67. The highest BCUT2D eigenvalue weighted by molar-refractivity contribution is 5.85. The molecule has 0 radical (unpaired) electrons. The molecule has 2 saturated heterocycles. The van der Waals surface area contributed by atoms with Crippen molar-refractivity contribution < 1.29 is 4.79 Å². The van der Waals surface area contributed by atoms with Crippen molar-refractivity contribution in [3.8, 4) is 0 Å². The summed E-state index contributed by atoms with van der Waals surface area (Å²) in [5, 5.41) is 0. The second-order valence-corrected chi connectivity index (χ2v) is 6.61. The van der Waals surface area contributed by atoms with Gasteiger partial charge >= 0.3 is 0 Å². The van der Waals surface area contributed by atoms with Crippen LogP contribution in [-0.4, -0.2) is 45.4 Å². The Kier molecular flexibility index (Phi) is 3.88. The lowest BCUT2D eigenvalue weighted by atomic mass is 9.77. The van der Waals surface area contributed by atoms with E-state index in [9.17, 15) is 4.79 Å². The van der Waals surface area contributed by atoms with Gasteiger partial charge in [0.15, 0.2) is 0 Å². The molecule has 1 spiro atoms. The standard InChI is InChI=1S/C18H21N5O/c24-16-18(7-13-23(16)14-15-4-1-2-8-19-15)5-11-22(12-6-18)17-20-9-3-10-21-17/h1-4,8-10H,5-7,11-14H2. The van der Waals surface area contributed by atoms with Crippen LogP contribution in [0.2, 0.25) is 0 Å². The van der Waals surface area contributed by atoms with Crippen molar-refractivity contribution in [3.63, 3.8) is 0 Å². The van der Waals surface area contributed by atoms with Crippen molar-refractivity contribution in [1.82, 2.24) is 19.9 Å². The molecule has 6 heteroatoms. The second-order valence-electron chi connectivity index (χ2n) is 6.61. The van der Waals surface area contributed by atoms with Gasteiger partial charge in [-0.2, -0.15) is 0 Å². The number of hydrogen-bond donors (Lipinski definition) is 0. The fourth-order valence-electron chi connectivity index (χ4n) is 3.78. The van der Waals surface area contributed by atoms with Crippen LogP contribution >= 0.6 is 0 Å². The predicted octanol–water partition coefficient (Wildman–Crippen LogP) is 1.89. The van der Waals surface area contributed by atoms with Crippen molar-refractivity contribution in [2.75, 3.05) is 24.5 Å². The van der Waals surface area contributed by atoms with E-state index in [2.05, 4.69) is 19.9 Å². The van der Waals surface area contributed by atoms with E-state index in [1.165, 1.54) is 0 Å². The number of anilines is 1. The van der Waals surface area contributed by atoms with Gasteiger partial charge in [-0.3, -0.25) is 9.78 Å². The first-order valence-corrected chi connectivity index (χ1v) is 8.48. The van der Waals surface area contributed by atoms with Crippen molar-refractivity contribution in [1.29, 1.82) is 0 Å². The zero-order valence-electron chi connectivity index (χ0n) is 13.6. The van der Waals surface area contributed by atoms with Gasteiger partial charge in [-0.1, -0.05) is 6.07 Å². The average Bonchev–Trinajstić information content (AvgIpc) is 2.94. The topological polar surface area (TPSA) is 62.2 Å². The van der Waals surface area contributed by atoms with E-state index in [0.29, 0.717) is 12.5 Å². The molecule has 0 N–H and O–H groups in total. The molecule has 0 aromatic carbocycles. The van der Waals surface area contributed by atoms with Gasteiger partial charge in [0.25, 0.3) is 0 Å². The van der Waals surface area contributed by atoms with Crippen LogP contribution in [0.1, 0.15) is 25.0 Å². The molecule has 0 bridgehead atoms. The van der Waals surface area contributed by atoms with E-state index < -0.39 is 0 Å². The minimum absolute atomic E-state index is 0.194. The van der Waals surface area contributed by atoms with Gasteiger partial charge in [-0.15, -0.1) is 0 Å². The molecule has 24 heavy (non-hydrogen) atoms. The minimum Gasteiger partial charge on any atom is -0.341 e. The number of aromatic nitrogens is 3. The van der Waals surface area contributed by atoms with Gasteiger partial charge in [0.1, 0.15) is 0 Å². The van der Waals surface area contributed by atoms with E-state index in [1.807, 2.05) is 29.2 Å². The van der Waals surface area contributed by atoms with Crippen LogP contribution in [0.3, 0.4) is 0 Å². The Morgan fingerprint density at radius 1 is 0.917 bits per heavy atom. The van der Waals surface area contributed by atoms with Gasteiger partial charge in [0.2, 0.25) is 11.9 Å². The quantitative estimate of drug-likeness (QED) is 0.863. The first kappa shape index (κ1) is 15.1. The van der Waals surface area contributed by atoms with Crippen LogP contribution < -0.4 is 4.90 Å². The Labute approximate surface area is 141 Å². The molecule has 4 heterocycles. The maximum Gasteiger partial charge on any atom is 0.229 e. The SMILES string of the molecule is O=C1N(Cc2ccccn2)CCC12CCN(c1ncccn1)CC2. The first-order valence-electron chi connectivity index (χ1n) is 8.48. The fraction of sp³-hybridized carbons (Fsp3) is 0.444. The third-order valence-corrected chi connectivity index (χ3v) is 5.24. The number of rotatable bonds is 3. The van der Waals surface area contributed by atoms with E-state index >= 15 is 0 Å². The fourth-order valence-corrected chi connectivity index (χ4v) is 3.78. The summed E-state index contributed by atoms with van der Waals surface area (Å²) in [6.07, 6.45) is 8.02. The van der Waals surface area contributed by atoms with Crippen LogP contribution in [-0.2, 0) is 11.3 Å². The Morgan fingerprint density at radius 2 is 1.62 bits per heavy atom. The van der Waals surface area contributed by atoms with E-state index in [4.69, 9.17) is 0 Å². The van der Waals surface area contributed by atoms with Gasteiger partial charge in [0, 0.05) is 38.2 Å². The number of pyridine rings is 1. The van der Waals surface area contributed by atoms with Gasteiger partial charge < -0.3 is 9.80 Å². The molecule has 0 aliphatic carbocycles. The Balaban J connectivity index is 1.41. The van der Waals surface area contributed by atoms with Crippen LogP contribution in [0.5, 0.6) is 0 Å². The van der Waals surface area contributed by atoms with Crippen LogP contribution in [0.15, 0.2) is 42.9 Å². The molecule has 0 unspecified atom stereocenters. The number of nitrogens with zero attached hydrogens (tertiary/aromatic N) is 5. The number of hydrogen-bond acceptors (Lipinski definition) is 5. The van der Waals surface area contributed by atoms with E-state index in [-0.39, 0.29) is 5.41 Å². The zero-order chi connectivity index (χ0) is 16.4. The number of amides is 1. The molecule has 6 nitrogen and oxygen atoms in total. The molecule has 2 aromatic heterocycles. The molecule has 1 amide bonds. The highest BCUT2D eigenvalue weighted by Crippen LogP contribution is 2.42. The molecule has 4 rings (SSSR count). The maximum atomic E-state index is 13.0. The molecule has 124 valence electrons. The lowest BCUT2D eigenvalue weighted by Gasteiger charge is -2.37. The van der Waals surface area contributed by atoms with Gasteiger partial charge in [-0.05, 0) is 37.5 Å². The Bertz CT molecular complexity index is 698. The van der Waals surface area contributed by atoms with Crippen molar-refractivity contribution >= 4 is 11.9 Å². The van der Waals surface area contributed by atoms with Crippen molar-refractivity contribution in [2.24, 2.45) is 5.41 Å². The van der Waals surface area contributed by atoms with Gasteiger partial charge in [-0.25, -0.2) is 9.97 Å². The normalized spacial score (nSPS) is 19.9. The lowest BCUT2D eigenvalue weighted by molar-refractivity contribution is -0.137. The monoisotopic (exact) mass is 323 g/mol. The summed E-state index contributed by atoms with van der Waals surface area (Å²) >= 11 is 0. The molecular formula is C18H21N5O. The van der Waals surface area contributed by atoms with Crippen molar-refractivity contribution in [3.05, 3.63) is 48.5 Å². The smallest absolute Gasteiger partial charge is 0.229 e. The molecule has 2 aliphatic heterocycles. The molecule has 2 fully saturated rings. The molecular weight excluding hydrogens is 302 g/mol. The minimum atomic E-state index is -0.194. The summed E-state index contributed by atoms with van der Waals surface area (Å²) < 4.78 is 0. The lowest BCUT2D eigenvalue weighted by Crippen LogP contribution is -2.45. The third-order valence-electron chi connectivity index (χ3n) is 5.24. The van der Waals surface area contributed by atoms with Crippen molar-refractivity contribution in [2.45, 2.75) is 25.8 Å². The van der Waals surface area contributed by atoms with E-state index in [1.54, 1.807) is 18.6 Å². The summed E-state index contributed by atoms with van der Waals surface area (Å²) in [7, 11) is 0. The molecule has 0 saturated carbocycles. The first-order chi connectivity index (χ1) is 11.8. The van der Waals surface area contributed by atoms with Gasteiger partial charge in [0.05, 0.1) is 17.7 Å². The maximum absolute atomic E-state index is 13.0. The second kappa shape index (κ2) is 6.19. The largest absolute Gasteiger partial charge is 0.341 e. The summed E-state index contributed by atoms with van der Waals surface area (Å²) in [5.41, 5.74) is 0.762. The summed E-state index contributed by atoms with van der Waals surface area (Å²) in [4.78, 5) is 30.1. The number of piperidine rings is 1. The summed E-state index contributed by atoms with van der Waals surface area (Å²) in [5.74, 6) is 1.06.